The van der Waals surface area contributed by atoms with Crippen molar-refractivity contribution in [1.29, 1.82) is 0 Å². The van der Waals surface area contributed by atoms with Crippen molar-refractivity contribution in [2.75, 3.05) is 89.2 Å². The predicted molar refractivity (Wildman–Crippen MR) is 385 cm³/mol. The van der Waals surface area contributed by atoms with Crippen molar-refractivity contribution >= 4 is 82.5 Å². The molecule has 12 amide bonds. The molecule has 7 rings (SSSR count). The number of carbonyl (C=O) groups excluding carboxylic acids is 12. The zero-order valence-electron chi connectivity index (χ0n) is 64.3. The maximum atomic E-state index is 15.8. The third kappa shape index (κ3) is 20.4. The first-order chi connectivity index (χ1) is 48.8. The van der Waals surface area contributed by atoms with E-state index in [9.17, 15) is 41.9 Å². The molecular weight excluding hydrogens is 1370 g/mol. The summed E-state index contributed by atoms with van der Waals surface area (Å²) in [6.45, 7) is 12.0. The van der Waals surface area contributed by atoms with E-state index in [0.29, 0.717) is 31.6 Å². The van der Waals surface area contributed by atoms with Crippen molar-refractivity contribution in [3.05, 3.63) is 12.2 Å². The van der Waals surface area contributed by atoms with Crippen LogP contribution < -0.4 is 16.0 Å². The van der Waals surface area contributed by atoms with Crippen molar-refractivity contribution in [3.63, 3.8) is 0 Å². The van der Waals surface area contributed by atoms with Gasteiger partial charge in [-0.1, -0.05) is 98.6 Å². The average molecular weight is 1490 g/mol. The van der Waals surface area contributed by atoms with E-state index in [0.717, 1.165) is 38.5 Å². The minimum Gasteiger partial charge on any atom is -0.377 e. The number of hydrogen-bond acceptors (Lipinski definition) is 13. The molecule has 3 N–H and O–H groups in total. The standard InChI is InChI=1S/C75H120ClF3N12O13/c1-16-46(5)62-70(101)85(11)42-61(94)87(13)55-26-20-19-23-35-90(69(55)100)58(37-48-29-27-45(4)28-30-48)68(99)84(10)41-59(92)80-53(34-32-47-31-33-51(52(76)36-47)75(77,78)79)66(97)91-40-50(104-18-3)38-56(91)65(96)82-74(43-73(6,7)44-74)72(103)89(15)63(49-24-21-22-25-49)71(102)88(14)57(67(98)83(8)9)39-60(93)86(12)54(17-2)64(95)81-62/h19-20,45-58,62-63H,16-18,21-44H2,1-15H3,(H,80,92)(H,81,95)(H,82,96)/b20-19-/t45?,46-,47?,48?,50+,51?,52?,53-,54-,55-,56-,57-,58-,62-,63-/m0/s1. The summed E-state index contributed by atoms with van der Waals surface area (Å²) in [5.74, 6) is -10.5. The van der Waals surface area contributed by atoms with Gasteiger partial charge in [0, 0.05) is 87.9 Å². The zero-order valence-corrected chi connectivity index (χ0v) is 65.1. The summed E-state index contributed by atoms with van der Waals surface area (Å²) in [4.78, 5) is 193. The maximum absolute atomic E-state index is 15.8. The smallest absolute Gasteiger partial charge is 0.377 e. The number of hydrogen-bond donors (Lipinski definition) is 3. The number of rotatable bonds is 12. The summed E-state index contributed by atoms with van der Waals surface area (Å²) in [5.41, 5.74) is -2.17. The van der Waals surface area contributed by atoms with Gasteiger partial charge in [0.25, 0.3) is 0 Å². The second-order valence-corrected chi connectivity index (χ2v) is 32.9. The quantitative estimate of drug-likeness (QED) is 0.147. The second kappa shape index (κ2) is 36.3. The molecule has 4 aliphatic carbocycles. The summed E-state index contributed by atoms with van der Waals surface area (Å²) in [6.07, 6.45) is 4.75. The molecule has 6 fully saturated rings. The van der Waals surface area contributed by atoms with Gasteiger partial charge in [-0.2, -0.15) is 13.2 Å². The van der Waals surface area contributed by atoms with Crippen LogP contribution in [0.5, 0.6) is 0 Å². The maximum Gasteiger partial charge on any atom is 0.393 e. The largest absolute Gasteiger partial charge is 0.393 e. The molecule has 7 aliphatic rings. The molecule has 3 heterocycles. The number of alkyl halides is 4. The molecular formula is C75H120ClF3N12O13. The van der Waals surface area contributed by atoms with Crippen LogP contribution in [0.15, 0.2) is 12.2 Å². The Kier molecular flexibility index (Phi) is 29.6. The van der Waals surface area contributed by atoms with Gasteiger partial charge < -0.3 is 64.8 Å². The monoisotopic (exact) mass is 1490 g/mol. The molecule has 0 aromatic rings. The van der Waals surface area contributed by atoms with E-state index in [1.807, 2.05) is 26.8 Å². The lowest BCUT2D eigenvalue weighted by atomic mass is 9.58. The van der Waals surface area contributed by atoms with Crippen LogP contribution in [0, 0.1) is 40.9 Å². The van der Waals surface area contributed by atoms with Crippen molar-refractivity contribution in [2.45, 2.75) is 261 Å². The normalized spacial score (nSPS) is 32.3. The topological polar surface area (TPSA) is 279 Å². The Bertz CT molecular complexity index is 3120. The van der Waals surface area contributed by atoms with Gasteiger partial charge in [0.1, 0.15) is 53.9 Å². The molecule has 2 saturated heterocycles. The molecule has 104 heavy (non-hydrogen) atoms. The van der Waals surface area contributed by atoms with Crippen LogP contribution in [-0.2, 0) is 62.3 Å². The first-order valence-corrected chi connectivity index (χ1v) is 38.5. The van der Waals surface area contributed by atoms with Crippen molar-refractivity contribution in [3.8, 4) is 0 Å². The Morgan fingerprint density at radius 1 is 0.692 bits per heavy atom. The fourth-order valence-corrected chi connectivity index (χ4v) is 18.0. The lowest BCUT2D eigenvalue weighted by Crippen LogP contribution is -2.71. The van der Waals surface area contributed by atoms with E-state index in [4.69, 9.17) is 16.3 Å². The fraction of sp³-hybridized carbons (Fsp3) is 0.813. The van der Waals surface area contributed by atoms with E-state index in [-0.39, 0.29) is 96.2 Å². The van der Waals surface area contributed by atoms with Crippen molar-refractivity contribution in [1.82, 2.24) is 60.0 Å². The molecule has 3 unspecified atom stereocenters. The van der Waals surface area contributed by atoms with Gasteiger partial charge in [0.15, 0.2) is 0 Å². The lowest BCUT2D eigenvalue weighted by molar-refractivity contribution is -0.182. The highest BCUT2D eigenvalue weighted by Gasteiger charge is 2.59. The van der Waals surface area contributed by atoms with Crippen LogP contribution in [0.4, 0.5) is 13.2 Å². The highest BCUT2D eigenvalue weighted by atomic mass is 35.5. The van der Waals surface area contributed by atoms with Crippen LogP contribution in [0.3, 0.4) is 0 Å². The highest BCUT2D eigenvalue weighted by Crippen LogP contribution is 2.50. The van der Waals surface area contributed by atoms with Crippen molar-refractivity contribution < 1.29 is 75.4 Å². The molecule has 2 bridgehead atoms. The van der Waals surface area contributed by atoms with E-state index in [2.05, 4.69) is 22.9 Å². The summed E-state index contributed by atoms with van der Waals surface area (Å²) >= 11 is 6.46. The molecule has 0 aromatic heterocycles. The lowest BCUT2D eigenvalue weighted by Gasteiger charge is -2.54. The van der Waals surface area contributed by atoms with Gasteiger partial charge in [-0.15, -0.1) is 11.6 Å². The second-order valence-electron chi connectivity index (χ2n) is 32.4. The SMILES string of the molecule is CCO[C@@H]1C[C@H]2C(=O)NC3(CC(C)(C)C3)C(=O)N(C)[C@@H](C3CCCC3)C(=O)N(C)[C@H](C(=O)N(C)C)CC(=O)N(C)[C@@H](CC)C(=O)N[C@@H]([C@@H](C)CC)C(=O)N(C)CC(=O)N(C)[C@H]3C/C=C\CCN(C3=O)[C@@H](CC3CCC(C)CC3)C(=O)N(C)CC(=O)N[C@@H](CCC3CCC(C(F)(F)F)C(Cl)C3)C(=O)N2C1. The van der Waals surface area contributed by atoms with Crippen LogP contribution in [0.1, 0.15) is 190 Å². The molecule has 0 radical (unpaired) electrons. The van der Waals surface area contributed by atoms with Gasteiger partial charge in [0.2, 0.25) is 70.9 Å². The number of nitrogens with one attached hydrogen (secondary N) is 3. The molecule has 0 aromatic carbocycles. The number of ether oxygens (including phenoxy) is 1. The molecule has 3 aliphatic heterocycles. The number of carbonyl (C=O) groups is 12. The number of amides is 12. The molecule has 586 valence electrons. The van der Waals surface area contributed by atoms with Crippen LogP contribution in [0.2, 0.25) is 0 Å². The van der Waals surface area contributed by atoms with E-state index < -0.39 is 191 Å². The number of nitrogens with zero attached hydrogens (tertiary/aromatic N) is 9. The fourth-order valence-electron chi connectivity index (χ4n) is 17.5. The zero-order chi connectivity index (χ0) is 77.2. The number of fused-ring (bicyclic) bond motifs is 3. The Morgan fingerprint density at radius 3 is 1.91 bits per heavy atom. The van der Waals surface area contributed by atoms with E-state index in [1.54, 1.807) is 26.8 Å². The summed E-state index contributed by atoms with van der Waals surface area (Å²) in [6, 6.07) is -10.1. The molecule has 1 spiro atoms. The third-order valence-corrected chi connectivity index (χ3v) is 24.3. The van der Waals surface area contributed by atoms with Crippen LogP contribution in [-0.4, -0.2) is 276 Å². The van der Waals surface area contributed by atoms with Gasteiger partial charge in [0.05, 0.1) is 31.5 Å². The van der Waals surface area contributed by atoms with Crippen LogP contribution in [0.25, 0.3) is 0 Å². The first-order valence-electron chi connectivity index (χ1n) is 38.1. The van der Waals surface area contributed by atoms with Crippen molar-refractivity contribution in [2.24, 2.45) is 40.9 Å². The number of likely N-dealkylation sites (N-methyl/N-ethyl adjacent to an activating group) is 7. The Hall–Kier alpha value is -6.58. The minimum absolute atomic E-state index is 0.00493. The summed E-state index contributed by atoms with van der Waals surface area (Å²) in [7, 11) is 11.5. The average Bonchev–Trinajstić information content (AvgIpc) is 1.04. The summed E-state index contributed by atoms with van der Waals surface area (Å²) in [5, 5.41) is 7.57. The molecule has 29 heteroatoms. The van der Waals surface area contributed by atoms with Crippen LogP contribution >= 0.6 is 11.6 Å². The molecule has 13 atom stereocenters. The van der Waals surface area contributed by atoms with E-state index in [1.165, 1.54) is 100 Å². The van der Waals surface area contributed by atoms with Gasteiger partial charge >= 0.3 is 6.18 Å². The molecule has 4 saturated carbocycles. The Balaban J connectivity index is 1.32. The Labute approximate surface area is 618 Å². The van der Waals surface area contributed by atoms with E-state index >= 15 is 28.8 Å². The third-order valence-electron chi connectivity index (χ3n) is 23.8. The molecule has 25 nitrogen and oxygen atoms in total. The van der Waals surface area contributed by atoms with Gasteiger partial charge in [-0.25, -0.2) is 0 Å². The number of halogens is 4. The Morgan fingerprint density at radius 2 is 1.33 bits per heavy atom. The van der Waals surface area contributed by atoms with Gasteiger partial charge in [-0.05, 0) is 125 Å². The summed E-state index contributed by atoms with van der Waals surface area (Å²) < 4.78 is 48.5. The first kappa shape index (κ1) is 84.7. The van der Waals surface area contributed by atoms with Gasteiger partial charge in [-0.3, -0.25) is 57.5 Å². The highest BCUT2D eigenvalue weighted by molar-refractivity contribution is 6.21. The minimum atomic E-state index is -4.53. The predicted octanol–water partition coefficient (Wildman–Crippen LogP) is 6.13.